The van der Waals surface area contributed by atoms with Crippen LogP contribution in [0.15, 0.2) is 152 Å². The molecule has 0 unspecified atom stereocenters. The predicted octanol–water partition coefficient (Wildman–Crippen LogP) is 8.76. The molecule has 0 bridgehead atoms. The molecule has 3 aromatic heterocycles. The molecule has 0 saturated carbocycles. The van der Waals surface area contributed by atoms with E-state index in [1.54, 1.807) is 6.20 Å². The molecule has 198 valence electrons. The Kier molecular flexibility index (Phi) is 5.71. The molecule has 0 fully saturated rings. The number of para-hydroxylation sites is 4. The van der Waals surface area contributed by atoms with Gasteiger partial charge in [-0.2, -0.15) is 0 Å². The van der Waals surface area contributed by atoms with Gasteiger partial charge in [-0.05, 0) is 48.0 Å². The summed E-state index contributed by atoms with van der Waals surface area (Å²) in [7, 11) is 0. The molecule has 0 N–H and O–H groups in total. The number of nitrogens with zero attached hydrogens (tertiary/aromatic N) is 5. The number of hydrogen-bond donors (Lipinski definition) is 0. The van der Waals surface area contributed by atoms with Crippen molar-refractivity contribution >= 4 is 21.8 Å². The van der Waals surface area contributed by atoms with Crippen LogP contribution in [0.4, 0.5) is 0 Å². The zero-order valence-corrected chi connectivity index (χ0v) is 22.7. The van der Waals surface area contributed by atoms with Gasteiger partial charge in [-0.25, -0.2) is 9.67 Å². The third-order valence-electron chi connectivity index (χ3n) is 7.68. The lowest BCUT2D eigenvalue weighted by atomic mass is 10.0. The maximum absolute atomic E-state index is 4.94. The first-order valence-electron chi connectivity index (χ1n) is 14.0. The summed E-state index contributed by atoms with van der Waals surface area (Å²) < 4.78 is 4.24. The lowest BCUT2D eigenvalue weighted by molar-refractivity contribution is 0.886. The Hall–Kier alpha value is -5.81. The van der Waals surface area contributed by atoms with E-state index in [9.17, 15) is 0 Å². The Morgan fingerprint density at radius 3 is 1.83 bits per heavy atom. The standard InChI is InChI=1S/C37H25N5/c1-2-12-28(13-3-1)42-37(32-17-10-11-25-38-32)39-36(40-42)27-23-21-26(22-24-27)29-14-4-7-18-33(29)41-34-19-8-5-15-30(34)31-16-6-9-20-35(31)41/h1-25H. The number of rotatable bonds is 5. The second-order valence-corrected chi connectivity index (χ2v) is 10.2. The monoisotopic (exact) mass is 539 g/mol. The van der Waals surface area contributed by atoms with E-state index in [-0.39, 0.29) is 0 Å². The largest absolute Gasteiger partial charge is 0.309 e. The molecule has 5 heteroatoms. The van der Waals surface area contributed by atoms with Gasteiger partial charge in [-0.1, -0.05) is 103 Å². The van der Waals surface area contributed by atoms with Gasteiger partial charge in [0.2, 0.25) is 0 Å². The Labute approximate surface area is 243 Å². The number of hydrogen-bond acceptors (Lipinski definition) is 3. The topological polar surface area (TPSA) is 48.5 Å². The van der Waals surface area contributed by atoms with Crippen molar-refractivity contribution in [1.29, 1.82) is 0 Å². The Balaban J connectivity index is 1.23. The molecule has 8 rings (SSSR count). The predicted molar refractivity (Wildman–Crippen MR) is 170 cm³/mol. The molecule has 5 nitrogen and oxygen atoms in total. The fourth-order valence-corrected chi connectivity index (χ4v) is 5.74. The zero-order chi connectivity index (χ0) is 27.9. The maximum atomic E-state index is 4.94. The van der Waals surface area contributed by atoms with Crippen LogP contribution in [0.3, 0.4) is 0 Å². The zero-order valence-electron chi connectivity index (χ0n) is 22.7. The first-order valence-corrected chi connectivity index (χ1v) is 14.0. The molecule has 0 atom stereocenters. The van der Waals surface area contributed by atoms with Crippen LogP contribution in [-0.4, -0.2) is 24.3 Å². The fraction of sp³-hybridized carbons (Fsp3) is 0. The Morgan fingerprint density at radius 2 is 1.12 bits per heavy atom. The van der Waals surface area contributed by atoms with Gasteiger partial charge >= 0.3 is 0 Å². The van der Waals surface area contributed by atoms with Gasteiger partial charge in [0.15, 0.2) is 11.6 Å². The highest BCUT2D eigenvalue weighted by molar-refractivity contribution is 6.09. The minimum atomic E-state index is 0.654. The van der Waals surface area contributed by atoms with Crippen LogP contribution in [0.25, 0.3) is 67.2 Å². The number of fused-ring (bicyclic) bond motifs is 3. The second kappa shape index (κ2) is 9.98. The summed E-state index contributed by atoms with van der Waals surface area (Å²) in [6, 6.07) is 50.2. The summed E-state index contributed by atoms with van der Waals surface area (Å²) in [5, 5.41) is 7.42. The molecule has 0 aliphatic carbocycles. The van der Waals surface area contributed by atoms with Crippen LogP contribution in [0.2, 0.25) is 0 Å². The molecule has 0 radical (unpaired) electrons. The van der Waals surface area contributed by atoms with Gasteiger partial charge in [-0.3, -0.25) is 4.98 Å². The van der Waals surface area contributed by atoms with Crippen LogP contribution in [0.5, 0.6) is 0 Å². The van der Waals surface area contributed by atoms with Crippen LogP contribution < -0.4 is 0 Å². The minimum Gasteiger partial charge on any atom is -0.309 e. The molecule has 0 spiro atoms. The highest BCUT2D eigenvalue weighted by Crippen LogP contribution is 2.36. The van der Waals surface area contributed by atoms with E-state index < -0.39 is 0 Å². The third-order valence-corrected chi connectivity index (χ3v) is 7.68. The lowest BCUT2D eigenvalue weighted by Gasteiger charge is -2.14. The number of aromatic nitrogens is 5. The molecular weight excluding hydrogens is 514 g/mol. The lowest BCUT2D eigenvalue weighted by Crippen LogP contribution is -2.00. The molecule has 0 saturated heterocycles. The molecule has 8 aromatic rings. The summed E-state index contributed by atoms with van der Waals surface area (Å²) in [4.78, 5) is 9.49. The molecule has 0 aliphatic heterocycles. The quantitative estimate of drug-likeness (QED) is 0.220. The van der Waals surface area contributed by atoms with Gasteiger partial charge in [0.05, 0.1) is 22.4 Å². The summed E-state index contributed by atoms with van der Waals surface area (Å²) >= 11 is 0. The maximum Gasteiger partial charge on any atom is 0.182 e. The van der Waals surface area contributed by atoms with Crippen molar-refractivity contribution < 1.29 is 0 Å². The summed E-state index contributed by atoms with van der Waals surface area (Å²) in [5.41, 5.74) is 8.48. The van der Waals surface area contributed by atoms with Crippen LogP contribution >= 0.6 is 0 Å². The number of benzene rings is 5. The first kappa shape index (κ1) is 24.0. The highest BCUT2D eigenvalue weighted by atomic mass is 15.4. The minimum absolute atomic E-state index is 0.654. The van der Waals surface area contributed by atoms with E-state index in [2.05, 4.69) is 107 Å². The smallest absolute Gasteiger partial charge is 0.182 e. The molecular formula is C37H25N5. The Bertz CT molecular complexity index is 2070. The normalized spacial score (nSPS) is 11.3. The van der Waals surface area contributed by atoms with E-state index in [4.69, 9.17) is 10.1 Å². The summed E-state index contributed by atoms with van der Waals surface area (Å²) in [5.74, 6) is 1.36. The van der Waals surface area contributed by atoms with Crippen molar-refractivity contribution in [2.45, 2.75) is 0 Å². The first-order chi connectivity index (χ1) is 20.8. The fourth-order valence-electron chi connectivity index (χ4n) is 5.74. The van der Waals surface area contributed by atoms with Crippen molar-refractivity contribution in [3.8, 4) is 45.4 Å². The summed E-state index contributed by atoms with van der Waals surface area (Å²) in [6.45, 7) is 0. The van der Waals surface area contributed by atoms with Crippen molar-refractivity contribution in [3.63, 3.8) is 0 Å². The summed E-state index contributed by atoms with van der Waals surface area (Å²) in [6.07, 6.45) is 1.78. The van der Waals surface area contributed by atoms with Gasteiger partial charge < -0.3 is 4.57 Å². The van der Waals surface area contributed by atoms with Crippen LogP contribution in [0.1, 0.15) is 0 Å². The van der Waals surface area contributed by atoms with Gasteiger partial charge in [0.1, 0.15) is 5.69 Å². The van der Waals surface area contributed by atoms with E-state index >= 15 is 0 Å². The van der Waals surface area contributed by atoms with Crippen molar-refractivity contribution in [2.75, 3.05) is 0 Å². The molecule has 5 aromatic carbocycles. The van der Waals surface area contributed by atoms with Gasteiger partial charge in [0, 0.05) is 28.1 Å². The van der Waals surface area contributed by atoms with Gasteiger partial charge in [-0.15, -0.1) is 5.10 Å². The average molecular weight is 540 g/mol. The van der Waals surface area contributed by atoms with E-state index in [1.165, 1.54) is 21.8 Å². The molecule has 0 aliphatic rings. The van der Waals surface area contributed by atoms with E-state index in [0.717, 1.165) is 33.8 Å². The highest BCUT2D eigenvalue weighted by Gasteiger charge is 2.17. The third kappa shape index (κ3) is 3.99. The SMILES string of the molecule is c1ccc(-n2nc(-c3ccc(-c4ccccc4-n4c5ccccc5c5ccccc54)cc3)nc2-c2ccccn2)cc1. The average Bonchev–Trinajstić information content (AvgIpc) is 3.66. The number of pyridine rings is 1. The van der Waals surface area contributed by atoms with Crippen molar-refractivity contribution in [3.05, 3.63) is 152 Å². The Morgan fingerprint density at radius 1 is 0.500 bits per heavy atom. The van der Waals surface area contributed by atoms with Crippen LogP contribution in [-0.2, 0) is 0 Å². The molecule has 42 heavy (non-hydrogen) atoms. The second-order valence-electron chi connectivity index (χ2n) is 10.2. The molecule has 0 amide bonds. The van der Waals surface area contributed by atoms with Crippen LogP contribution in [0, 0.1) is 0 Å². The van der Waals surface area contributed by atoms with Crippen molar-refractivity contribution in [2.24, 2.45) is 0 Å². The van der Waals surface area contributed by atoms with E-state index in [0.29, 0.717) is 11.6 Å². The molecule has 3 heterocycles. The van der Waals surface area contributed by atoms with Crippen molar-refractivity contribution in [1.82, 2.24) is 24.3 Å². The van der Waals surface area contributed by atoms with Gasteiger partial charge in [0.25, 0.3) is 0 Å². The van der Waals surface area contributed by atoms with E-state index in [1.807, 2.05) is 53.2 Å².